The van der Waals surface area contributed by atoms with Crippen molar-refractivity contribution < 1.29 is 8.42 Å². The van der Waals surface area contributed by atoms with Crippen LogP contribution in [-0.4, -0.2) is 13.4 Å². The van der Waals surface area contributed by atoms with Gasteiger partial charge in [-0.3, -0.25) is 4.72 Å². The molecule has 0 saturated carbocycles. The van der Waals surface area contributed by atoms with Crippen LogP contribution in [0.1, 0.15) is 0 Å². The van der Waals surface area contributed by atoms with Gasteiger partial charge < -0.3 is 0 Å². The molecule has 2 aromatic rings. The van der Waals surface area contributed by atoms with Crippen molar-refractivity contribution in [3.05, 3.63) is 51.0 Å². The van der Waals surface area contributed by atoms with E-state index < -0.39 is 10.0 Å². The molecule has 1 aromatic heterocycles. The van der Waals surface area contributed by atoms with E-state index in [0.717, 1.165) is 0 Å². The van der Waals surface area contributed by atoms with Crippen LogP contribution in [0, 0.1) is 0 Å². The van der Waals surface area contributed by atoms with E-state index in [1.54, 1.807) is 12.1 Å². The van der Waals surface area contributed by atoms with Crippen molar-refractivity contribution in [2.75, 3.05) is 4.72 Å². The molecule has 1 N–H and O–H groups in total. The van der Waals surface area contributed by atoms with Gasteiger partial charge in [0.05, 0.1) is 5.02 Å². The van der Waals surface area contributed by atoms with Gasteiger partial charge in [0.15, 0.2) is 0 Å². The van der Waals surface area contributed by atoms with Gasteiger partial charge in [0.2, 0.25) is 0 Å². The summed E-state index contributed by atoms with van der Waals surface area (Å²) in [6, 6.07) is 7.45. The van der Waals surface area contributed by atoms with Gasteiger partial charge in [-0.15, -0.1) is 0 Å². The molecule has 0 radical (unpaired) electrons. The molecule has 0 spiro atoms. The fraction of sp³-hybridized carbons (Fsp3) is 0. The quantitative estimate of drug-likeness (QED) is 0.875. The summed E-state index contributed by atoms with van der Waals surface area (Å²) in [6.07, 6.45) is 1.41. The minimum Gasteiger partial charge on any atom is -0.263 e. The minimum atomic E-state index is -3.80. The van der Waals surface area contributed by atoms with Gasteiger partial charge >= 0.3 is 0 Å². The first-order chi connectivity index (χ1) is 8.88. The zero-order valence-electron chi connectivity index (χ0n) is 9.27. The number of nitrogens with zero attached hydrogens (tertiary/aromatic N) is 1. The van der Waals surface area contributed by atoms with Crippen LogP contribution in [0.2, 0.25) is 10.0 Å². The number of rotatable bonds is 3. The SMILES string of the molecule is O=S(=O)(Nc1cc(Cl)ccn1)c1ccc(Br)cc1Cl. The average Bonchev–Trinajstić information content (AvgIpc) is 2.27. The van der Waals surface area contributed by atoms with Crippen molar-refractivity contribution in [2.45, 2.75) is 4.90 Å². The number of sulfonamides is 1. The molecule has 0 bridgehead atoms. The molecule has 4 nitrogen and oxygen atoms in total. The standard InChI is InChI=1S/C11H7BrCl2N2O2S/c12-7-1-2-10(9(14)5-7)19(17,18)16-11-6-8(13)3-4-15-11/h1-6H,(H,15,16). The lowest BCUT2D eigenvalue weighted by Crippen LogP contribution is -2.14. The number of aromatic nitrogens is 1. The van der Waals surface area contributed by atoms with Gasteiger partial charge in [-0.25, -0.2) is 13.4 Å². The molecule has 0 aliphatic rings. The highest BCUT2D eigenvalue weighted by molar-refractivity contribution is 9.10. The lowest BCUT2D eigenvalue weighted by molar-refractivity contribution is 0.601. The van der Waals surface area contributed by atoms with E-state index in [2.05, 4.69) is 25.6 Å². The van der Waals surface area contributed by atoms with Crippen molar-refractivity contribution in [2.24, 2.45) is 0 Å². The largest absolute Gasteiger partial charge is 0.264 e. The number of pyridine rings is 1. The summed E-state index contributed by atoms with van der Waals surface area (Å²) in [5.74, 6) is 0.131. The summed E-state index contributed by atoms with van der Waals surface area (Å²) in [7, 11) is -3.80. The summed E-state index contributed by atoms with van der Waals surface area (Å²) >= 11 is 14.9. The molecule has 0 aliphatic heterocycles. The fourth-order valence-corrected chi connectivity index (χ4v) is 3.54. The Balaban J connectivity index is 2.38. The molecule has 0 amide bonds. The minimum absolute atomic E-state index is 0.0286. The van der Waals surface area contributed by atoms with Gasteiger partial charge in [0.1, 0.15) is 10.7 Å². The van der Waals surface area contributed by atoms with Gasteiger partial charge in [-0.05, 0) is 24.3 Å². The van der Waals surface area contributed by atoms with E-state index in [0.29, 0.717) is 9.50 Å². The lowest BCUT2D eigenvalue weighted by atomic mass is 10.4. The maximum absolute atomic E-state index is 12.2. The Kier molecular flexibility index (Phi) is 4.35. The van der Waals surface area contributed by atoms with Crippen molar-refractivity contribution in [1.82, 2.24) is 4.98 Å². The highest BCUT2D eigenvalue weighted by Gasteiger charge is 2.18. The highest BCUT2D eigenvalue weighted by Crippen LogP contribution is 2.26. The average molecular weight is 382 g/mol. The Morgan fingerprint density at radius 1 is 1.16 bits per heavy atom. The van der Waals surface area contributed by atoms with Crippen LogP contribution >= 0.6 is 39.1 Å². The van der Waals surface area contributed by atoms with E-state index in [4.69, 9.17) is 23.2 Å². The third-order valence-corrected chi connectivity index (χ3v) is 4.71. The number of benzene rings is 1. The van der Waals surface area contributed by atoms with E-state index in [9.17, 15) is 8.42 Å². The summed E-state index contributed by atoms with van der Waals surface area (Å²) in [5.41, 5.74) is 0. The smallest absolute Gasteiger partial charge is 0.263 e. The first kappa shape index (κ1) is 14.6. The van der Waals surface area contributed by atoms with E-state index in [1.807, 2.05) is 0 Å². The number of nitrogens with one attached hydrogen (secondary N) is 1. The number of hydrogen-bond acceptors (Lipinski definition) is 3. The maximum atomic E-state index is 12.2. The number of halogens is 3. The van der Waals surface area contributed by atoms with Gasteiger partial charge in [-0.2, -0.15) is 0 Å². The van der Waals surface area contributed by atoms with Crippen molar-refractivity contribution in [3.63, 3.8) is 0 Å². The molecule has 1 aromatic carbocycles. The zero-order chi connectivity index (χ0) is 14.0. The maximum Gasteiger partial charge on any atom is 0.264 e. The fourth-order valence-electron chi connectivity index (χ4n) is 1.35. The second-order valence-electron chi connectivity index (χ2n) is 3.54. The topological polar surface area (TPSA) is 59.1 Å². The molecule has 100 valence electrons. The van der Waals surface area contributed by atoms with Crippen LogP contribution in [0.3, 0.4) is 0 Å². The first-order valence-corrected chi connectivity index (χ1v) is 8.01. The molecule has 0 aliphatic carbocycles. The normalized spacial score (nSPS) is 11.3. The molecule has 0 saturated heterocycles. The molecule has 19 heavy (non-hydrogen) atoms. The molecule has 1 heterocycles. The number of anilines is 1. The summed E-state index contributed by atoms with van der Waals surface area (Å²) < 4.78 is 27.3. The Bertz CT molecular complexity index is 722. The molecule has 2 rings (SSSR count). The van der Waals surface area contributed by atoms with Crippen molar-refractivity contribution >= 4 is 55.0 Å². The molecule has 0 atom stereocenters. The van der Waals surface area contributed by atoms with Crippen molar-refractivity contribution in [1.29, 1.82) is 0 Å². The van der Waals surface area contributed by atoms with Crippen LogP contribution in [0.25, 0.3) is 0 Å². The third-order valence-electron chi connectivity index (χ3n) is 2.14. The number of hydrogen-bond donors (Lipinski definition) is 1. The molecular weight excluding hydrogens is 375 g/mol. The predicted octanol–water partition coefficient (Wildman–Crippen LogP) is 3.95. The molecule has 0 unspecified atom stereocenters. The first-order valence-electron chi connectivity index (χ1n) is 4.98. The van der Waals surface area contributed by atoms with Gasteiger partial charge in [-0.1, -0.05) is 39.1 Å². The summed E-state index contributed by atoms with van der Waals surface area (Å²) in [5, 5.41) is 0.499. The molecular formula is C11H7BrCl2N2O2S. The van der Waals surface area contributed by atoms with Crippen molar-refractivity contribution in [3.8, 4) is 0 Å². The highest BCUT2D eigenvalue weighted by atomic mass is 79.9. The van der Waals surface area contributed by atoms with Gasteiger partial charge in [0.25, 0.3) is 10.0 Å². The Hall–Kier alpha value is -0.820. The third kappa shape index (κ3) is 3.60. The van der Waals surface area contributed by atoms with Crippen LogP contribution in [0.5, 0.6) is 0 Å². The monoisotopic (exact) mass is 380 g/mol. The Morgan fingerprint density at radius 3 is 2.53 bits per heavy atom. The second kappa shape index (κ2) is 5.66. The molecule has 8 heteroatoms. The lowest BCUT2D eigenvalue weighted by Gasteiger charge is -2.09. The van der Waals surface area contributed by atoms with Crippen LogP contribution in [-0.2, 0) is 10.0 Å². The van der Waals surface area contributed by atoms with Crippen LogP contribution < -0.4 is 4.72 Å². The van der Waals surface area contributed by atoms with E-state index >= 15 is 0 Å². The second-order valence-corrected chi connectivity index (χ2v) is 6.95. The van der Waals surface area contributed by atoms with E-state index in [1.165, 1.54) is 24.4 Å². The van der Waals surface area contributed by atoms with Gasteiger partial charge in [0, 0.05) is 21.8 Å². The zero-order valence-corrected chi connectivity index (χ0v) is 13.2. The summed E-state index contributed by atoms with van der Waals surface area (Å²) in [6.45, 7) is 0. The molecule has 0 fully saturated rings. The summed E-state index contributed by atoms with van der Waals surface area (Å²) in [4.78, 5) is 3.84. The Morgan fingerprint density at radius 2 is 1.89 bits per heavy atom. The Labute approximate surface area is 128 Å². The van der Waals surface area contributed by atoms with E-state index in [-0.39, 0.29) is 15.7 Å². The predicted molar refractivity (Wildman–Crippen MR) is 79.2 cm³/mol. The van der Waals surface area contributed by atoms with Crippen LogP contribution in [0.15, 0.2) is 45.9 Å². The van der Waals surface area contributed by atoms with Crippen LogP contribution in [0.4, 0.5) is 5.82 Å².